The predicted octanol–water partition coefficient (Wildman–Crippen LogP) is 3.63. The van der Waals surface area contributed by atoms with Gasteiger partial charge in [0.2, 0.25) is 0 Å². The van der Waals surface area contributed by atoms with E-state index in [0.717, 1.165) is 12.3 Å². The number of benzene rings is 1. The van der Waals surface area contributed by atoms with E-state index >= 15 is 0 Å². The fourth-order valence-corrected chi connectivity index (χ4v) is 3.94. The van der Waals surface area contributed by atoms with E-state index in [0.29, 0.717) is 11.3 Å². The number of hydrogen-bond acceptors (Lipinski definition) is 3. The Morgan fingerprint density at radius 2 is 2.28 bits per heavy atom. The highest BCUT2D eigenvalue weighted by Crippen LogP contribution is 2.38. The van der Waals surface area contributed by atoms with Crippen molar-refractivity contribution in [3.05, 3.63) is 29.8 Å². The zero-order valence-corrected chi connectivity index (χ0v) is 12.1. The summed E-state index contributed by atoms with van der Waals surface area (Å²) in [7, 11) is 1.76. The molecule has 2 rings (SSSR count). The van der Waals surface area contributed by atoms with Crippen molar-refractivity contribution in [2.75, 3.05) is 19.4 Å². The van der Waals surface area contributed by atoms with Crippen LogP contribution in [0.25, 0.3) is 0 Å². The van der Waals surface area contributed by atoms with Gasteiger partial charge in [0.25, 0.3) is 0 Å². The van der Waals surface area contributed by atoms with Crippen molar-refractivity contribution in [3.8, 4) is 5.75 Å². The molecule has 1 saturated heterocycles. The largest absolute Gasteiger partial charge is 0.496 e. The number of hydrogen-bond donors (Lipinski definition) is 1. The standard InChI is InChI=1S/C15H23NOS/c1-3-10-16-15(14-9-6-11-18-14)12-7-4-5-8-13(12)17-2/h4-5,7-8,14-16H,3,6,9-11H2,1-2H3. The Balaban J connectivity index is 2.20. The van der Waals surface area contributed by atoms with Crippen LogP contribution in [-0.4, -0.2) is 24.7 Å². The average molecular weight is 265 g/mol. The summed E-state index contributed by atoms with van der Waals surface area (Å²) in [6, 6.07) is 8.84. The average Bonchev–Trinajstić information content (AvgIpc) is 2.94. The Morgan fingerprint density at radius 1 is 1.44 bits per heavy atom. The number of nitrogens with one attached hydrogen (secondary N) is 1. The third kappa shape index (κ3) is 3.21. The molecule has 0 spiro atoms. The number of para-hydroxylation sites is 1. The van der Waals surface area contributed by atoms with Crippen LogP contribution in [0.15, 0.2) is 24.3 Å². The summed E-state index contributed by atoms with van der Waals surface area (Å²) in [5.41, 5.74) is 1.31. The minimum atomic E-state index is 0.425. The van der Waals surface area contributed by atoms with E-state index in [2.05, 4.69) is 42.2 Å². The number of methoxy groups -OCH3 is 1. The first kappa shape index (κ1) is 13.8. The zero-order valence-electron chi connectivity index (χ0n) is 11.3. The van der Waals surface area contributed by atoms with Crippen molar-refractivity contribution in [1.82, 2.24) is 5.32 Å². The SMILES string of the molecule is CCCNC(c1ccccc1OC)C1CCCS1. The molecule has 1 aliphatic heterocycles. The van der Waals surface area contributed by atoms with Crippen LogP contribution in [0, 0.1) is 0 Å². The minimum absolute atomic E-state index is 0.425. The van der Waals surface area contributed by atoms with E-state index in [1.54, 1.807) is 7.11 Å². The van der Waals surface area contributed by atoms with Gasteiger partial charge in [-0.05, 0) is 37.6 Å². The van der Waals surface area contributed by atoms with Crippen LogP contribution < -0.4 is 10.1 Å². The molecule has 100 valence electrons. The molecule has 2 unspecified atom stereocenters. The van der Waals surface area contributed by atoms with Crippen LogP contribution in [0.2, 0.25) is 0 Å². The molecule has 1 aliphatic rings. The molecule has 0 bridgehead atoms. The van der Waals surface area contributed by atoms with Gasteiger partial charge in [0.15, 0.2) is 0 Å². The first-order valence-corrected chi connectivity index (χ1v) is 7.89. The molecular weight excluding hydrogens is 242 g/mol. The van der Waals surface area contributed by atoms with Gasteiger partial charge < -0.3 is 10.1 Å². The summed E-state index contributed by atoms with van der Waals surface area (Å²) in [5, 5.41) is 4.39. The Kier molecular flexibility index (Phi) is 5.39. The van der Waals surface area contributed by atoms with Gasteiger partial charge in [-0.25, -0.2) is 0 Å². The molecule has 18 heavy (non-hydrogen) atoms. The second-order valence-corrected chi connectivity index (χ2v) is 6.07. The lowest BCUT2D eigenvalue weighted by molar-refractivity contribution is 0.396. The van der Waals surface area contributed by atoms with E-state index in [1.165, 1.54) is 30.6 Å². The van der Waals surface area contributed by atoms with Gasteiger partial charge in [0.1, 0.15) is 5.75 Å². The first-order valence-electron chi connectivity index (χ1n) is 6.84. The minimum Gasteiger partial charge on any atom is -0.496 e. The maximum atomic E-state index is 5.52. The third-order valence-corrected chi connectivity index (χ3v) is 4.89. The maximum Gasteiger partial charge on any atom is 0.123 e. The number of ether oxygens (including phenoxy) is 1. The van der Waals surface area contributed by atoms with Crippen LogP contribution in [0.1, 0.15) is 37.8 Å². The van der Waals surface area contributed by atoms with E-state index in [-0.39, 0.29) is 0 Å². The van der Waals surface area contributed by atoms with Crippen molar-refractivity contribution < 1.29 is 4.74 Å². The lowest BCUT2D eigenvalue weighted by Crippen LogP contribution is -2.30. The molecule has 0 radical (unpaired) electrons. The Morgan fingerprint density at radius 3 is 2.94 bits per heavy atom. The molecule has 1 aromatic carbocycles. The highest BCUT2D eigenvalue weighted by atomic mass is 32.2. The topological polar surface area (TPSA) is 21.3 Å². The molecule has 0 amide bonds. The fraction of sp³-hybridized carbons (Fsp3) is 0.600. The Bertz CT molecular complexity index is 363. The van der Waals surface area contributed by atoms with E-state index in [9.17, 15) is 0 Å². The Hall–Kier alpha value is -0.670. The molecule has 3 heteroatoms. The van der Waals surface area contributed by atoms with Crippen LogP contribution in [-0.2, 0) is 0 Å². The summed E-state index contributed by atoms with van der Waals surface area (Å²) >= 11 is 2.10. The molecule has 2 atom stereocenters. The van der Waals surface area contributed by atoms with Crippen molar-refractivity contribution in [2.45, 2.75) is 37.5 Å². The highest BCUT2D eigenvalue weighted by molar-refractivity contribution is 8.00. The van der Waals surface area contributed by atoms with Crippen molar-refractivity contribution in [1.29, 1.82) is 0 Å². The molecule has 1 aromatic rings. The fourth-order valence-electron chi connectivity index (χ4n) is 2.53. The van der Waals surface area contributed by atoms with Crippen molar-refractivity contribution >= 4 is 11.8 Å². The van der Waals surface area contributed by atoms with Gasteiger partial charge in [-0.15, -0.1) is 0 Å². The quantitative estimate of drug-likeness (QED) is 0.848. The number of thioether (sulfide) groups is 1. The van der Waals surface area contributed by atoms with Gasteiger partial charge in [0, 0.05) is 16.9 Å². The summed E-state index contributed by atoms with van der Waals surface area (Å²) in [6.45, 7) is 3.29. The molecule has 1 N–H and O–H groups in total. The zero-order chi connectivity index (χ0) is 12.8. The molecule has 0 saturated carbocycles. The van der Waals surface area contributed by atoms with E-state index in [1.807, 2.05) is 6.07 Å². The van der Waals surface area contributed by atoms with Crippen LogP contribution in [0.3, 0.4) is 0 Å². The molecular formula is C15H23NOS. The second-order valence-electron chi connectivity index (χ2n) is 4.73. The molecule has 1 heterocycles. The van der Waals surface area contributed by atoms with Crippen molar-refractivity contribution in [2.24, 2.45) is 0 Å². The van der Waals surface area contributed by atoms with Gasteiger partial charge in [-0.1, -0.05) is 25.1 Å². The summed E-state index contributed by atoms with van der Waals surface area (Å²) in [4.78, 5) is 0. The number of rotatable bonds is 6. The van der Waals surface area contributed by atoms with Gasteiger partial charge in [0.05, 0.1) is 7.11 Å². The molecule has 0 aliphatic carbocycles. The van der Waals surface area contributed by atoms with Crippen LogP contribution in [0.5, 0.6) is 5.75 Å². The van der Waals surface area contributed by atoms with Crippen LogP contribution in [0.4, 0.5) is 0 Å². The lowest BCUT2D eigenvalue weighted by atomic mass is 9.99. The van der Waals surface area contributed by atoms with Gasteiger partial charge in [-0.2, -0.15) is 11.8 Å². The highest BCUT2D eigenvalue weighted by Gasteiger charge is 2.28. The van der Waals surface area contributed by atoms with Crippen LogP contribution >= 0.6 is 11.8 Å². The van der Waals surface area contributed by atoms with E-state index < -0.39 is 0 Å². The Labute approximate surface area is 114 Å². The summed E-state index contributed by atoms with van der Waals surface area (Å²) < 4.78 is 5.52. The molecule has 2 nitrogen and oxygen atoms in total. The third-order valence-electron chi connectivity index (χ3n) is 3.42. The first-order chi connectivity index (χ1) is 8.86. The lowest BCUT2D eigenvalue weighted by Gasteiger charge is -2.26. The second kappa shape index (κ2) is 7.05. The molecule has 1 fully saturated rings. The van der Waals surface area contributed by atoms with Crippen molar-refractivity contribution in [3.63, 3.8) is 0 Å². The normalized spacial score (nSPS) is 20.9. The summed E-state index contributed by atoms with van der Waals surface area (Å²) in [6.07, 6.45) is 3.82. The molecule has 0 aromatic heterocycles. The summed E-state index contributed by atoms with van der Waals surface area (Å²) in [5.74, 6) is 2.31. The van der Waals surface area contributed by atoms with E-state index in [4.69, 9.17) is 4.74 Å². The smallest absolute Gasteiger partial charge is 0.123 e. The van der Waals surface area contributed by atoms with Gasteiger partial charge >= 0.3 is 0 Å². The maximum absolute atomic E-state index is 5.52. The predicted molar refractivity (Wildman–Crippen MR) is 79.5 cm³/mol. The van der Waals surface area contributed by atoms with Gasteiger partial charge in [-0.3, -0.25) is 0 Å². The monoisotopic (exact) mass is 265 g/mol.